The highest BCUT2D eigenvalue weighted by Gasteiger charge is 2.33. The zero-order chi connectivity index (χ0) is 13.1. The summed E-state index contributed by atoms with van der Waals surface area (Å²) in [6.45, 7) is 2.46. The molecule has 2 rings (SSSR count). The predicted octanol–water partition coefficient (Wildman–Crippen LogP) is 0.975. The molecule has 5 nitrogen and oxygen atoms in total. The third-order valence-corrected chi connectivity index (χ3v) is 2.98. The van der Waals surface area contributed by atoms with Crippen LogP contribution in [0.15, 0.2) is 24.3 Å². The van der Waals surface area contributed by atoms with Crippen LogP contribution < -0.4 is 5.32 Å². The van der Waals surface area contributed by atoms with Crippen LogP contribution >= 0.6 is 0 Å². The first-order valence-corrected chi connectivity index (χ1v) is 5.66. The summed E-state index contributed by atoms with van der Waals surface area (Å²) in [5.41, 5.74) is 1.22. The summed E-state index contributed by atoms with van der Waals surface area (Å²) in [6, 6.07) is 8.70. The van der Waals surface area contributed by atoms with E-state index in [0.717, 1.165) is 0 Å². The number of rotatable bonds is 2. The first kappa shape index (κ1) is 12.1. The largest absolute Gasteiger partial charge is 0.341 e. The van der Waals surface area contributed by atoms with E-state index in [1.165, 1.54) is 6.92 Å². The van der Waals surface area contributed by atoms with Crippen LogP contribution in [-0.4, -0.2) is 29.8 Å². The quantitative estimate of drug-likeness (QED) is 0.841. The van der Waals surface area contributed by atoms with Gasteiger partial charge in [0.25, 0.3) is 0 Å². The third-order valence-electron chi connectivity index (χ3n) is 2.98. The summed E-state index contributed by atoms with van der Waals surface area (Å²) >= 11 is 0. The van der Waals surface area contributed by atoms with Crippen molar-refractivity contribution in [2.24, 2.45) is 5.92 Å². The predicted molar refractivity (Wildman–Crippen MR) is 65.5 cm³/mol. The molecule has 1 aromatic carbocycles. The molecule has 0 aliphatic carbocycles. The smallest absolute Gasteiger partial charge is 0.231 e. The molecule has 1 saturated heterocycles. The second kappa shape index (κ2) is 4.88. The lowest BCUT2D eigenvalue weighted by Crippen LogP contribution is -2.53. The molecule has 1 fully saturated rings. The Morgan fingerprint density at radius 3 is 2.44 bits per heavy atom. The molecule has 0 aromatic heterocycles. The molecule has 0 atom stereocenters. The SMILES string of the molecule is CC(=O)N1CC(C(=O)Nc2ccc(C#N)cc2)C1. The van der Waals surface area contributed by atoms with Gasteiger partial charge in [0, 0.05) is 25.7 Å². The highest BCUT2D eigenvalue weighted by atomic mass is 16.2. The van der Waals surface area contributed by atoms with Gasteiger partial charge in [-0.3, -0.25) is 9.59 Å². The Hall–Kier alpha value is -2.35. The van der Waals surface area contributed by atoms with Crippen molar-refractivity contribution in [2.75, 3.05) is 18.4 Å². The maximum absolute atomic E-state index is 11.8. The number of nitrogens with one attached hydrogen (secondary N) is 1. The van der Waals surface area contributed by atoms with E-state index in [-0.39, 0.29) is 17.7 Å². The van der Waals surface area contributed by atoms with Gasteiger partial charge in [-0.05, 0) is 24.3 Å². The van der Waals surface area contributed by atoms with Crippen molar-refractivity contribution in [1.82, 2.24) is 4.90 Å². The fourth-order valence-corrected chi connectivity index (χ4v) is 1.77. The van der Waals surface area contributed by atoms with Crippen LogP contribution in [0.25, 0.3) is 0 Å². The lowest BCUT2D eigenvalue weighted by atomic mass is 9.99. The Morgan fingerprint density at radius 1 is 1.33 bits per heavy atom. The second-order valence-corrected chi connectivity index (χ2v) is 4.30. The summed E-state index contributed by atoms with van der Waals surface area (Å²) in [7, 11) is 0. The molecule has 0 bridgehead atoms. The standard InChI is InChI=1S/C13H13N3O2/c1-9(17)16-7-11(8-16)13(18)15-12-4-2-10(6-14)3-5-12/h2-5,11H,7-8H2,1H3,(H,15,18). The second-order valence-electron chi connectivity index (χ2n) is 4.30. The van der Waals surface area contributed by atoms with Gasteiger partial charge >= 0.3 is 0 Å². The molecule has 92 valence electrons. The van der Waals surface area contributed by atoms with E-state index in [4.69, 9.17) is 5.26 Å². The van der Waals surface area contributed by atoms with Gasteiger partial charge < -0.3 is 10.2 Å². The van der Waals surface area contributed by atoms with E-state index in [0.29, 0.717) is 24.3 Å². The molecule has 1 aliphatic rings. The first-order chi connectivity index (χ1) is 8.60. The van der Waals surface area contributed by atoms with Crippen LogP contribution in [0.5, 0.6) is 0 Å². The fourth-order valence-electron chi connectivity index (χ4n) is 1.77. The maximum atomic E-state index is 11.8. The van der Waals surface area contributed by atoms with Gasteiger partial charge in [0.15, 0.2) is 0 Å². The molecular weight excluding hydrogens is 230 g/mol. The van der Waals surface area contributed by atoms with Gasteiger partial charge in [0.2, 0.25) is 11.8 Å². The Labute approximate surface area is 105 Å². The minimum absolute atomic E-state index is 0.00239. The normalized spacial score (nSPS) is 14.6. The number of nitriles is 1. The topological polar surface area (TPSA) is 73.2 Å². The van der Waals surface area contributed by atoms with E-state index in [9.17, 15) is 9.59 Å². The Bertz CT molecular complexity index is 510. The average molecular weight is 243 g/mol. The zero-order valence-electron chi connectivity index (χ0n) is 10.0. The molecule has 2 amide bonds. The summed E-state index contributed by atoms with van der Waals surface area (Å²) in [5, 5.41) is 11.4. The van der Waals surface area contributed by atoms with E-state index in [1.54, 1.807) is 29.2 Å². The maximum Gasteiger partial charge on any atom is 0.231 e. The Morgan fingerprint density at radius 2 is 1.94 bits per heavy atom. The van der Waals surface area contributed by atoms with E-state index in [1.807, 2.05) is 6.07 Å². The molecule has 0 spiro atoms. The first-order valence-electron chi connectivity index (χ1n) is 5.66. The van der Waals surface area contributed by atoms with Gasteiger partial charge in [-0.25, -0.2) is 0 Å². The van der Waals surface area contributed by atoms with Crippen molar-refractivity contribution >= 4 is 17.5 Å². The van der Waals surface area contributed by atoms with E-state index < -0.39 is 0 Å². The van der Waals surface area contributed by atoms with Crippen LogP contribution in [0.4, 0.5) is 5.69 Å². The third kappa shape index (κ3) is 2.48. The van der Waals surface area contributed by atoms with E-state index in [2.05, 4.69) is 5.32 Å². The van der Waals surface area contributed by atoms with Crippen molar-refractivity contribution in [3.8, 4) is 6.07 Å². The monoisotopic (exact) mass is 243 g/mol. The van der Waals surface area contributed by atoms with Crippen molar-refractivity contribution < 1.29 is 9.59 Å². The summed E-state index contributed by atoms with van der Waals surface area (Å²) in [5.74, 6) is -0.223. The molecule has 0 unspecified atom stereocenters. The van der Waals surface area contributed by atoms with Crippen LogP contribution in [0.1, 0.15) is 12.5 Å². The summed E-state index contributed by atoms with van der Waals surface area (Å²) in [6.07, 6.45) is 0. The number of carbonyl (C=O) groups is 2. The number of hydrogen-bond acceptors (Lipinski definition) is 3. The van der Waals surface area contributed by atoms with Gasteiger partial charge in [0.05, 0.1) is 17.6 Å². The lowest BCUT2D eigenvalue weighted by molar-refractivity contribution is -0.139. The molecule has 18 heavy (non-hydrogen) atoms. The van der Waals surface area contributed by atoms with Crippen molar-refractivity contribution in [3.63, 3.8) is 0 Å². The molecule has 5 heteroatoms. The van der Waals surface area contributed by atoms with Crippen LogP contribution in [-0.2, 0) is 9.59 Å². The Balaban J connectivity index is 1.89. The number of likely N-dealkylation sites (tertiary alicyclic amines) is 1. The van der Waals surface area contributed by atoms with Gasteiger partial charge in [0.1, 0.15) is 0 Å². The van der Waals surface area contributed by atoms with Gasteiger partial charge in [-0.15, -0.1) is 0 Å². The molecule has 0 radical (unpaired) electrons. The molecular formula is C13H13N3O2. The van der Waals surface area contributed by atoms with Crippen molar-refractivity contribution in [3.05, 3.63) is 29.8 Å². The highest BCUT2D eigenvalue weighted by molar-refractivity contribution is 5.94. The fraction of sp³-hybridized carbons (Fsp3) is 0.308. The number of amides is 2. The number of benzene rings is 1. The number of nitrogens with zero attached hydrogens (tertiary/aromatic N) is 2. The highest BCUT2D eigenvalue weighted by Crippen LogP contribution is 2.18. The van der Waals surface area contributed by atoms with Crippen LogP contribution in [0, 0.1) is 17.2 Å². The Kier molecular flexibility index (Phi) is 3.28. The lowest BCUT2D eigenvalue weighted by Gasteiger charge is -2.37. The molecule has 1 aliphatic heterocycles. The molecule has 1 aromatic rings. The summed E-state index contributed by atoms with van der Waals surface area (Å²) < 4.78 is 0. The summed E-state index contributed by atoms with van der Waals surface area (Å²) in [4.78, 5) is 24.4. The molecule has 1 N–H and O–H groups in total. The molecule has 0 saturated carbocycles. The van der Waals surface area contributed by atoms with Crippen molar-refractivity contribution in [2.45, 2.75) is 6.92 Å². The molecule has 1 heterocycles. The number of hydrogen-bond donors (Lipinski definition) is 1. The van der Waals surface area contributed by atoms with Gasteiger partial charge in [-0.1, -0.05) is 0 Å². The zero-order valence-corrected chi connectivity index (χ0v) is 10.0. The van der Waals surface area contributed by atoms with Crippen molar-refractivity contribution in [1.29, 1.82) is 5.26 Å². The number of anilines is 1. The van der Waals surface area contributed by atoms with E-state index >= 15 is 0 Å². The number of carbonyl (C=O) groups excluding carboxylic acids is 2. The average Bonchev–Trinajstić information content (AvgIpc) is 2.27. The van der Waals surface area contributed by atoms with Gasteiger partial charge in [-0.2, -0.15) is 5.26 Å². The van der Waals surface area contributed by atoms with Crippen LogP contribution in [0.3, 0.4) is 0 Å². The van der Waals surface area contributed by atoms with Crippen LogP contribution in [0.2, 0.25) is 0 Å². The minimum Gasteiger partial charge on any atom is -0.341 e. The minimum atomic E-state index is -0.135.